The van der Waals surface area contributed by atoms with Gasteiger partial charge in [-0.25, -0.2) is 4.39 Å². The lowest BCUT2D eigenvalue weighted by Gasteiger charge is -2.34. The van der Waals surface area contributed by atoms with Gasteiger partial charge in [0.05, 0.1) is 24.8 Å². The zero-order valence-electron chi connectivity index (χ0n) is 15.7. The number of fused-ring (bicyclic) bond motifs is 1. The Hall–Kier alpha value is -1.63. The summed E-state index contributed by atoms with van der Waals surface area (Å²) < 4.78 is 19.9. The maximum atomic E-state index is 12.8. The van der Waals surface area contributed by atoms with Crippen LogP contribution in [0.5, 0.6) is 0 Å². The molecule has 1 aromatic heterocycles. The number of β-amino-alcohol motifs (C(OH)–C–C–N with tert-alkyl or cyclic N) is 1. The average Bonchev–Trinajstić information content (AvgIpc) is 2.94. The monoisotopic (exact) mass is 363 g/mol. The van der Waals surface area contributed by atoms with Gasteiger partial charge in [0.15, 0.2) is 0 Å². The summed E-state index contributed by atoms with van der Waals surface area (Å²) in [7, 11) is 1.61. The molecule has 1 aromatic carbocycles. The van der Waals surface area contributed by atoms with Crippen molar-refractivity contribution in [2.75, 3.05) is 45.3 Å². The summed E-state index contributed by atoms with van der Waals surface area (Å²) in [6.07, 6.45) is 1.66. The molecule has 2 N–H and O–H groups in total. The minimum atomic E-state index is -0.420. The summed E-state index contributed by atoms with van der Waals surface area (Å²) in [5.41, 5.74) is 3.31. The number of rotatable bonds is 8. The van der Waals surface area contributed by atoms with Gasteiger partial charge in [0, 0.05) is 49.6 Å². The van der Waals surface area contributed by atoms with Gasteiger partial charge in [-0.15, -0.1) is 0 Å². The first-order valence-electron chi connectivity index (χ1n) is 9.43. The molecule has 0 bridgehead atoms. The van der Waals surface area contributed by atoms with E-state index in [9.17, 15) is 9.50 Å². The van der Waals surface area contributed by atoms with Crippen molar-refractivity contribution in [3.63, 3.8) is 0 Å². The Labute approximate surface area is 154 Å². The number of halogens is 1. The van der Waals surface area contributed by atoms with E-state index in [0.29, 0.717) is 25.7 Å². The normalized spacial score (nSPS) is 17.7. The number of anilines is 1. The van der Waals surface area contributed by atoms with Gasteiger partial charge in [-0.05, 0) is 38.0 Å². The minimum absolute atomic E-state index is 0.352. The molecule has 1 aliphatic heterocycles. The molecule has 0 radical (unpaired) electrons. The third-order valence-corrected chi connectivity index (χ3v) is 5.24. The molecule has 2 aromatic rings. The number of aliphatic hydroxyl groups excluding tert-OH is 1. The number of likely N-dealkylation sites (tertiary alicyclic amines) is 1. The molecular weight excluding hydrogens is 333 g/mol. The highest BCUT2D eigenvalue weighted by Crippen LogP contribution is 2.28. The van der Waals surface area contributed by atoms with Crippen LogP contribution in [-0.4, -0.2) is 66.7 Å². The predicted octanol–water partition coefficient (Wildman–Crippen LogP) is 2.80. The van der Waals surface area contributed by atoms with Crippen molar-refractivity contribution in [1.29, 1.82) is 0 Å². The average molecular weight is 363 g/mol. The number of hydrogen-bond donors (Lipinski definition) is 2. The van der Waals surface area contributed by atoms with Crippen molar-refractivity contribution in [2.45, 2.75) is 38.5 Å². The first-order chi connectivity index (χ1) is 12.6. The van der Waals surface area contributed by atoms with Gasteiger partial charge in [-0.1, -0.05) is 6.07 Å². The van der Waals surface area contributed by atoms with Gasteiger partial charge in [0.2, 0.25) is 0 Å². The Bertz CT molecular complexity index is 710. The number of aryl methyl sites for hydroxylation is 2. The number of hydrogen-bond acceptors (Lipinski definition) is 4. The van der Waals surface area contributed by atoms with E-state index < -0.39 is 6.10 Å². The van der Waals surface area contributed by atoms with Gasteiger partial charge >= 0.3 is 0 Å². The van der Waals surface area contributed by atoms with Crippen molar-refractivity contribution in [3.8, 4) is 0 Å². The van der Waals surface area contributed by atoms with Crippen LogP contribution in [0, 0.1) is 6.92 Å². The Morgan fingerprint density at radius 1 is 1.35 bits per heavy atom. The Balaban J connectivity index is 1.63. The second-order valence-corrected chi connectivity index (χ2v) is 7.19. The molecule has 144 valence electrons. The third kappa shape index (κ3) is 4.37. The maximum Gasteiger partial charge on any atom is 0.107 e. The lowest BCUT2D eigenvalue weighted by molar-refractivity contribution is 0.0327. The molecule has 3 rings (SSSR count). The second kappa shape index (κ2) is 8.84. The van der Waals surface area contributed by atoms with Crippen molar-refractivity contribution >= 4 is 16.6 Å². The molecule has 0 saturated carbocycles. The molecule has 1 unspecified atom stereocenters. The van der Waals surface area contributed by atoms with E-state index in [0.717, 1.165) is 48.2 Å². The topological polar surface area (TPSA) is 49.7 Å². The lowest BCUT2D eigenvalue weighted by Crippen LogP contribution is -2.43. The molecule has 26 heavy (non-hydrogen) atoms. The standard InChI is InChI=1S/C20H30FN3O2/c1-15-12-18-19(4-3-5-20(18)24(15)11-8-21)22-16-6-9-23(10-7-16)13-17(25)14-26-2/h3-5,12,16-17,22,25H,6-11,13-14H2,1-2H3. The smallest absolute Gasteiger partial charge is 0.107 e. The molecule has 1 fully saturated rings. The number of methoxy groups -OCH3 is 1. The van der Waals surface area contributed by atoms with E-state index in [1.54, 1.807) is 7.11 Å². The van der Waals surface area contributed by atoms with Crippen molar-refractivity contribution in [1.82, 2.24) is 9.47 Å². The fraction of sp³-hybridized carbons (Fsp3) is 0.600. The number of nitrogens with one attached hydrogen (secondary N) is 1. The number of aliphatic hydroxyl groups is 1. The third-order valence-electron chi connectivity index (χ3n) is 5.24. The van der Waals surface area contributed by atoms with Crippen LogP contribution < -0.4 is 5.32 Å². The van der Waals surface area contributed by atoms with Crippen LogP contribution in [0.2, 0.25) is 0 Å². The largest absolute Gasteiger partial charge is 0.389 e. The highest BCUT2D eigenvalue weighted by molar-refractivity contribution is 5.93. The van der Waals surface area contributed by atoms with Crippen molar-refractivity contribution in [2.24, 2.45) is 0 Å². The predicted molar refractivity (Wildman–Crippen MR) is 104 cm³/mol. The molecule has 1 saturated heterocycles. The number of ether oxygens (including phenoxy) is 1. The quantitative estimate of drug-likeness (QED) is 0.757. The van der Waals surface area contributed by atoms with Crippen LogP contribution in [0.4, 0.5) is 10.1 Å². The second-order valence-electron chi connectivity index (χ2n) is 7.19. The van der Waals surface area contributed by atoms with Crippen LogP contribution in [0.3, 0.4) is 0 Å². The van der Waals surface area contributed by atoms with Crippen LogP contribution in [0.1, 0.15) is 18.5 Å². The van der Waals surface area contributed by atoms with Crippen LogP contribution in [-0.2, 0) is 11.3 Å². The van der Waals surface area contributed by atoms with E-state index in [-0.39, 0.29) is 6.67 Å². The number of nitrogens with zero attached hydrogens (tertiary/aromatic N) is 2. The number of alkyl halides is 1. The molecule has 0 amide bonds. The maximum absolute atomic E-state index is 12.8. The fourth-order valence-corrected chi connectivity index (χ4v) is 3.95. The van der Waals surface area contributed by atoms with Crippen LogP contribution in [0.25, 0.3) is 10.9 Å². The Kier molecular flexibility index (Phi) is 6.51. The summed E-state index contributed by atoms with van der Waals surface area (Å²) >= 11 is 0. The molecule has 6 heteroatoms. The summed E-state index contributed by atoms with van der Waals surface area (Å²) in [5.74, 6) is 0. The Morgan fingerprint density at radius 2 is 2.12 bits per heavy atom. The highest BCUT2D eigenvalue weighted by atomic mass is 19.1. The van der Waals surface area contributed by atoms with Gasteiger partial charge in [-0.2, -0.15) is 0 Å². The van der Waals surface area contributed by atoms with Gasteiger partial charge in [0.1, 0.15) is 6.67 Å². The van der Waals surface area contributed by atoms with Gasteiger partial charge < -0.3 is 24.6 Å². The molecule has 1 atom stereocenters. The SMILES string of the molecule is COCC(O)CN1CCC(Nc2cccc3c2cc(C)n3CCF)CC1. The first kappa shape index (κ1) is 19.1. The summed E-state index contributed by atoms with van der Waals surface area (Å²) in [4.78, 5) is 2.30. The highest BCUT2D eigenvalue weighted by Gasteiger charge is 2.21. The van der Waals surface area contributed by atoms with Crippen LogP contribution in [0.15, 0.2) is 24.3 Å². The summed E-state index contributed by atoms with van der Waals surface area (Å²) in [5, 5.41) is 14.7. The molecule has 5 nitrogen and oxygen atoms in total. The molecule has 2 heterocycles. The zero-order valence-corrected chi connectivity index (χ0v) is 15.7. The summed E-state index contributed by atoms with van der Waals surface area (Å²) in [6, 6.07) is 8.76. The van der Waals surface area contributed by atoms with Gasteiger partial charge in [-0.3, -0.25) is 0 Å². The number of piperidine rings is 1. The van der Waals surface area contributed by atoms with Crippen molar-refractivity contribution in [3.05, 3.63) is 30.0 Å². The Morgan fingerprint density at radius 3 is 2.81 bits per heavy atom. The van der Waals surface area contributed by atoms with E-state index in [1.807, 2.05) is 17.6 Å². The van der Waals surface area contributed by atoms with Crippen LogP contribution >= 0.6 is 0 Å². The minimum Gasteiger partial charge on any atom is -0.389 e. The molecule has 0 spiro atoms. The molecule has 1 aliphatic rings. The lowest BCUT2D eigenvalue weighted by atomic mass is 10.0. The number of benzene rings is 1. The fourth-order valence-electron chi connectivity index (χ4n) is 3.95. The zero-order chi connectivity index (χ0) is 18.5. The molecular formula is C20H30FN3O2. The first-order valence-corrected chi connectivity index (χ1v) is 9.43. The van der Waals surface area contributed by atoms with Crippen molar-refractivity contribution < 1.29 is 14.2 Å². The van der Waals surface area contributed by atoms with E-state index in [2.05, 4.69) is 28.4 Å². The van der Waals surface area contributed by atoms with E-state index in [4.69, 9.17) is 4.74 Å². The molecule has 0 aliphatic carbocycles. The van der Waals surface area contributed by atoms with E-state index in [1.165, 1.54) is 0 Å². The summed E-state index contributed by atoms with van der Waals surface area (Å²) in [6.45, 7) is 5.07. The van der Waals surface area contributed by atoms with E-state index >= 15 is 0 Å². The number of aromatic nitrogens is 1. The van der Waals surface area contributed by atoms with Gasteiger partial charge in [0.25, 0.3) is 0 Å².